The molecule has 0 amide bonds. The quantitative estimate of drug-likeness (QED) is 0.0327. The van der Waals surface area contributed by atoms with Crippen molar-refractivity contribution in [3.8, 4) is 34.9 Å². The van der Waals surface area contributed by atoms with Gasteiger partial charge in [0.05, 0.1) is 86.6 Å². The first-order chi connectivity index (χ1) is 36.2. The Morgan fingerprint density at radius 1 is 0.592 bits per heavy atom. The predicted molar refractivity (Wildman–Crippen MR) is 271 cm³/mol. The van der Waals surface area contributed by atoms with Gasteiger partial charge in [-0.15, -0.1) is 0 Å². The zero-order valence-corrected chi connectivity index (χ0v) is 41.7. The number of hydrogen-bond acceptors (Lipinski definition) is 21. The maximum absolute atomic E-state index is 11.7. The summed E-state index contributed by atoms with van der Waals surface area (Å²) in [6, 6.07) is 10.0. The molecule has 27 heteroatoms. The third-order valence-corrected chi connectivity index (χ3v) is 11.6. The summed E-state index contributed by atoms with van der Waals surface area (Å²) < 4.78 is 38.2. The van der Waals surface area contributed by atoms with Crippen LogP contribution in [-0.2, 0) is 33.1 Å². The van der Waals surface area contributed by atoms with Crippen molar-refractivity contribution < 1.29 is 72.6 Å². The van der Waals surface area contributed by atoms with Gasteiger partial charge >= 0.3 is 45.1 Å². The molecule has 24 nitrogen and oxygen atoms in total. The average molecular weight is 1040 g/mol. The molecular formula is C49H48B3N9O15. The zero-order valence-electron chi connectivity index (χ0n) is 41.7. The average Bonchev–Trinajstić information content (AvgIpc) is 3.98. The first kappa shape index (κ1) is 55.3. The van der Waals surface area contributed by atoms with E-state index in [1.54, 1.807) is 71.0 Å². The van der Waals surface area contributed by atoms with Gasteiger partial charge in [-0.2, -0.15) is 0 Å². The first-order valence-electron chi connectivity index (χ1n) is 23.2. The molecule has 0 saturated heterocycles. The van der Waals surface area contributed by atoms with Crippen LogP contribution in [0.25, 0.3) is 4.85 Å². The van der Waals surface area contributed by atoms with Crippen LogP contribution in [0.15, 0.2) is 73.6 Å². The lowest BCUT2D eigenvalue weighted by Gasteiger charge is -2.14. The van der Waals surface area contributed by atoms with Crippen LogP contribution >= 0.6 is 0 Å². The van der Waals surface area contributed by atoms with Crippen LogP contribution in [0.1, 0.15) is 103 Å². The highest BCUT2D eigenvalue weighted by Crippen LogP contribution is 2.36. The van der Waals surface area contributed by atoms with Gasteiger partial charge in [-0.05, 0) is 128 Å². The number of aliphatic carboxylic acids is 2. The molecule has 3 aliphatic rings. The fourth-order valence-electron chi connectivity index (χ4n) is 8.47. The molecule has 3 atom stereocenters. The fourth-order valence-corrected chi connectivity index (χ4v) is 8.47. The number of carboxylic acid groups (broad SMARTS) is 2. The molecule has 3 unspecified atom stereocenters. The number of aromatic nitrogens is 6. The summed E-state index contributed by atoms with van der Waals surface area (Å²) in [6.07, 6.45) is 6.14. The smallest absolute Gasteiger partial charge is 0.481 e. The summed E-state index contributed by atoms with van der Waals surface area (Å²) in [5.41, 5.74) is 7.22. The number of nitrogens with zero attached hydrogens (tertiary/aromatic N) is 7. The molecule has 0 fully saturated rings. The SMILES string of the molecule is CC(=N)c1cncc(Oc2cc(C)c3c(c2)B(O)OC3CC(=O)O)n1.CC(=N)c1cncc(Oc2cc(C)c3c(c2)B(O)OC3CC(=O)O)n1.[C-]#[N+]c1cncc(Oc2cc(C)c3c(c2)B(O)OC3CC(=O)OCC)n1. The molecule has 0 radical (unpaired) electrons. The number of carbonyl (C=O) groups is 3. The van der Waals surface area contributed by atoms with Crippen molar-refractivity contribution >= 4 is 72.9 Å². The standard InChI is InChI=1S/C17H16BN3O5.2C16H16BN3O5/c1-4-24-16(22)7-13-17-10(2)5-11(6-12(17)18(23)26-13)25-15-9-20-8-14(19-3)21-15;2*1-8-3-10(24-14-7-19-6-12(20-14)9(2)18)4-11-16(8)13(5-15(21)22)25-17(11)23/h5-6,8-9,13,23H,4,7H2,1-2H3;2*3-4,6-7,13,18,23H,5H2,1-2H3,(H,21,22). The molecule has 0 spiro atoms. The minimum atomic E-state index is -1.21. The van der Waals surface area contributed by atoms with Gasteiger partial charge in [-0.3, -0.25) is 29.3 Å². The van der Waals surface area contributed by atoms with Crippen molar-refractivity contribution in [1.82, 2.24) is 29.9 Å². The second-order valence-corrected chi connectivity index (χ2v) is 17.2. The van der Waals surface area contributed by atoms with Crippen molar-refractivity contribution in [2.75, 3.05) is 6.61 Å². The molecule has 3 aliphatic heterocycles. The van der Waals surface area contributed by atoms with E-state index in [4.69, 9.17) is 60.5 Å². The van der Waals surface area contributed by atoms with E-state index in [0.717, 1.165) is 22.3 Å². The van der Waals surface area contributed by atoms with E-state index in [9.17, 15) is 29.5 Å². The molecule has 3 aromatic heterocycles. The van der Waals surface area contributed by atoms with Gasteiger partial charge in [0.15, 0.2) is 0 Å². The summed E-state index contributed by atoms with van der Waals surface area (Å²) in [7, 11) is -3.57. The minimum Gasteiger partial charge on any atom is -0.481 e. The second kappa shape index (κ2) is 24.2. The highest BCUT2D eigenvalue weighted by Gasteiger charge is 2.40. The van der Waals surface area contributed by atoms with Crippen molar-refractivity contribution in [1.29, 1.82) is 10.8 Å². The molecule has 9 rings (SSSR count). The summed E-state index contributed by atoms with van der Waals surface area (Å²) in [5.74, 6) is -0.378. The van der Waals surface area contributed by atoms with E-state index in [-0.39, 0.29) is 66.7 Å². The van der Waals surface area contributed by atoms with Crippen molar-refractivity contribution in [3.63, 3.8) is 0 Å². The summed E-state index contributed by atoms with van der Waals surface area (Å²) >= 11 is 0. The van der Waals surface area contributed by atoms with Gasteiger partial charge < -0.3 is 73.9 Å². The van der Waals surface area contributed by atoms with E-state index < -0.39 is 51.6 Å². The van der Waals surface area contributed by atoms with E-state index in [2.05, 4.69) is 34.7 Å². The lowest BCUT2D eigenvalue weighted by atomic mass is 9.77. The van der Waals surface area contributed by atoms with E-state index in [0.29, 0.717) is 56.2 Å². The Kier molecular flexibility index (Phi) is 17.6. The Labute approximate surface area is 435 Å². The van der Waals surface area contributed by atoms with Crippen molar-refractivity contribution in [3.05, 3.63) is 130 Å². The highest BCUT2D eigenvalue weighted by atomic mass is 16.6. The van der Waals surface area contributed by atoms with Crippen molar-refractivity contribution in [2.45, 2.75) is 79.1 Å². The molecule has 7 N–H and O–H groups in total. The number of fused-ring (bicyclic) bond motifs is 3. The number of aryl methyl sites for hydroxylation is 3. The molecule has 0 aliphatic carbocycles. The number of carbonyl (C=O) groups excluding carboxylic acids is 1. The Bertz CT molecular complexity index is 3130. The maximum Gasteiger partial charge on any atom is 0.492 e. The summed E-state index contributed by atoms with van der Waals surface area (Å²) in [6.45, 7) is 17.6. The number of nitrogens with one attached hydrogen (secondary N) is 2. The monoisotopic (exact) mass is 1040 g/mol. The van der Waals surface area contributed by atoms with Gasteiger partial charge in [0.25, 0.3) is 5.82 Å². The Morgan fingerprint density at radius 2 is 0.947 bits per heavy atom. The number of carboxylic acids is 2. The molecule has 76 heavy (non-hydrogen) atoms. The molecular weight excluding hydrogens is 987 g/mol. The van der Waals surface area contributed by atoms with Crippen LogP contribution in [0.5, 0.6) is 34.9 Å². The molecule has 6 heterocycles. The van der Waals surface area contributed by atoms with E-state index >= 15 is 0 Å². The predicted octanol–water partition coefficient (Wildman–Crippen LogP) is 4.24. The summed E-state index contributed by atoms with van der Waals surface area (Å²) in [5, 5.41) is 63.5. The number of esters is 1. The minimum absolute atomic E-state index is 0.0253. The summed E-state index contributed by atoms with van der Waals surface area (Å²) in [4.78, 5) is 61.1. The Morgan fingerprint density at radius 3 is 1.29 bits per heavy atom. The van der Waals surface area contributed by atoms with Gasteiger partial charge in [0.2, 0.25) is 11.8 Å². The van der Waals surface area contributed by atoms with E-state index in [1.807, 2.05) is 6.92 Å². The fraction of sp³-hybridized carbons (Fsp3) is 0.265. The maximum atomic E-state index is 11.7. The van der Waals surface area contributed by atoms with E-state index in [1.165, 1.54) is 37.2 Å². The van der Waals surface area contributed by atoms with Crippen LogP contribution in [0.4, 0.5) is 5.82 Å². The number of rotatable bonds is 15. The van der Waals surface area contributed by atoms with Crippen LogP contribution in [-0.4, -0.2) is 112 Å². The number of benzene rings is 3. The molecule has 3 aromatic carbocycles. The molecule has 388 valence electrons. The van der Waals surface area contributed by atoms with Crippen LogP contribution in [0, 0.1) is 38.2 Å². The Hall–Kier alpha value is -8.51. The first-order valence-corrected chi connectivity index (χ1v) is 23.2. The van der Waals surface area contributed by atoms with Gasteiger partial charge in [0, 0.05) is 0 Å². The van der Waals surface area contributed by atoms with Crippen LogP contribution in [0.2, 0.25) is 0 Å². The third kappa shape index (κ3) is 13.4. The van der Waals surface area contributed by atoms with Crippen LogP contribution < -0.4 is 30.6 Å². The largest absolute Gasteiger partial charge is 0.492 e. The molecule has 0 bridgehead atoms. The molecule has 6 aromatic rings. The van der Waals surface area contributed by atoms with Gasteiger partial charge in [0.1, 0.15) is 34.8 Å². The normalized spacial score (nSPS) is 15.6. The Balaban J connectivity index is 0.000000166. The van der Waals surface area contributed by atoms with Gasteiger partial charge in [-0.1, -0.05) is 11.6 Å². The topological polar surface area (TPSA) is 346 Å². The highest BCUT2D eigenvalue weighted by molar-refractivity contribution is 6.62. The number of hydrogen-bond donors (Lipinski definition) is 7. The third-order valence-electron chi connectivity index (χ3n) is 11.6. The lowest BCUT2D eigenvalue weighted by Crippen LogP contribution is -2.28. The van der Waals surface area contributed by atoms with Gasteiger partial charge in [-0.25, -0.2) is 9.97 Å². The van der Waals surface area contributed by atoms with Crippen LogP contribution in [0.3, 0.4) is 0 Å². The second-order valence-electron chi connectivity index (χ2n) is 17.2. The number of ether oxygens (including phenoxy) is 4. The van der Waals surface area contributed by atoms with Crippen molar-refractivity contribution in [2.24, 2.45) is 0 Å². The zero-order chi connectivity index (χ0) is 55.0. The lowest BCUT2D eigenvalue weighted by molar-refractivity contribution is -0.145. The molecule has 0 saturated carbocycles.